The predicted molar refractivity (Wildman–Crippen MR) is 72.8 cm³/mol. The van der Waals surface area contributed by atoms with Crippen LogP contribution in [0.1, 0.15) is 24.8 Å². The smallest absolute Gasteiger partial charge is 0.103 e. The number of nitriles is 1. The van der Waals surface area contributed by atoms with Crippen LogP contribution in [0, 0.1) is 11.3 Å². The first-order chi connectivity index (χ1) is 8.78. The second kappa shape index (κ2) is 4.79. The normalized spacial score (nSPS) is 23.9. The maximum Gasteiger partial charge on any atom is 0.103 e. The molecule has 3 rings (SSSR count). The van der Waals surface area contributed by atoms with Gasteiger partial charge < -0.3 is 5.32 Å². The van der Waals surface area contributed by atoms with Gasteiger partial charge in [0.15, 0.2) is 0 Å². The molecule has 94 valence electrons. The maximum absolute atomic E-state index is 9.14. The molecule has 2 fully saturated rings. The van der Waals surface area contributed by atoms with Crippen LogP contribution >= 0.6 is 11.6 Å². The van der Waals surface area contributed by atoms with Gasteiger partial charge in [-0.2, -0.15) is 5.26 Å². The van der Waals surface area contributed by atoms with E-state index in [-0.39, 0.29) is 0 Å². The third-order valence-electron chi connectivity index (χ3n) is 3.77. The van der Waals surface area contributed by atoms with Crippen molar-refractivity contribution in [3.05, 3.63) is 28.8 Å². The van der Waals surface area contributed by atoms with Crippen LogP contribution in [-0.4, -0.2) is 30.1 Å². The van der Waals surface area contributed by atoms with E-state index in [1.165, 1.54) is 19.4 Å². The van der Waals surface area contributed by atoms with Gasteiger partial charge in [-0.05, 0) is 31.4 Å². The summed E-state index contributed by atoms with van der Waals surface area (Å²) in [6, 6.07) is 9.03. The quantitative estimate of drug-likeness (QED) is 0.909. The Morgan fingerprint density at radius 3 is 2.89 bits per heavy atom. The lowest BCUT2D eigenvalue weighted by atomic mass is 10.1. The molecule has 1 N–H and O–H groups in total. The van der Waals surface area contributed by atoms with Crippen molar-refractivity contribution in [3.8, 4) is 6.07 Å². The molecule has 0 radical (unpaired) electrons. The van der Waals surface area contributed by atoms with Gasteiger partial charge in [0.2, 0.25) is 0 Å². The van der Waals surface area contributed by atoms with E-state index in [1.54, 1.807) is 6.07 Å². The molecular formula is C14H16ClN3. The first-order valence-electron chi connectivity index (χ1n) is 6.47. The maximum atomic E-state index is 9.14. The van der Waals surface area contributed by atoms with Crippen molar-refractivity contribution in [2.45, 2.75) is 31.3 Å². The van der Waals surface area contributed by atoms with E-state index in [9.17, 15) is 0 Å². The zero-order valence-corrected chi connectivity index (χ0v) is 11.0. The monoisotopic (exact) mass is 261 g/mol. The summed E-state index contributed by atoms with van der Waals surface area (Å²) in [7, 11) is 0. The topological polar surface area (TPSA) is 39.1 Å². The molecule has 1 heterocycles. The highest BCUT2D eigenvalue weighted by Gasteiger charge is 2.34. The summed E-state index contributed by atoms with van der Waals surface area (Å²) in [5.41, 5.74) is 1.43. The number of halogens is 1. The van der Waals surface area contributed by atoms with Crippen LogP contribution in [0.15, 0.2) is 18.2 Å². The Hall–Kier alpha value is -1.24. The molecule has 1 saturated heterocycles. The number of hydrogen-bond donors (Lipinski definition) is 1. The minimum Gasteiger partial charge on any atom is -0.380 e. The number of hydrogen-bond acceptors (Lipinski definition) is 3. The molecule has 1 saturated carbocycles. The Kier molecular flexibility index (Phi) is 3.15. The molecule has 3 nitrogen and oxygen atoms in total. The Balaban J connectivity index is 1.70. The highest BCUT2D eigenvalue weighted by molar-refractivity contribution is 6.32. The molecule has 1 aliphatic heterocycles. The van der Waals surface area contributed by atoms with Crippen molar-refractivity contribution in [1.29, 1.82) is 5.26 Å². The predicted octanol–water partition coefficient (Wildman–Crippen LogP) is 2.86. The number of anilines is 1. The number of benzene rings is 1. The third-order valence-corrected chi connectivity index (χ3v) is 4.08. The van der Waals surface area contributed by atoms with E-state index in [0.717, 1.165) is 24.7 Å². The first kappa shape index (κ1) is 11.8. The number of nitrogens with one attached hydrogen (secondary N) is 1. The number of rotatable bonds is 3. The third kappa shape index (κ3) is 2.31. The van der Waals surface area contributed by atoms with Crippen molar-refractivity contribution in [2.75, 3.05) is 18.4 Å². The number of nitrogens with zero attached hydrogens (tertiary/aromatic N) is 2. The molecule has 1 aliphatic carbocycles. The molecule has 1 unspecified atom stereocenters. The Morgan fingerprint density at radius 1 is 1.33 bits per heavy atom. The number of likely N-dealkylation sites (tertiary alicyclic amines) is 1. The average Bonchev–Trinajstić information content (AvgIpc) is 3.11. The van der Waals surface area contributed by atoms with E-state index in [1.807, 2.05) is 12.1 Å². The molecule has 1 aromatic rings. The lowest BCUT2D eigenvalue weighted by Gasteiger charge is -2.17. The SMILES string of the molecule is N#Cc1c(Cl)cccc1NC1CCN(C2CC2)C1. The molecular weight excluding hydrogens is 246 g/mol. The molecule has 1 aromatic carbocycles. The minimum atomic E-state index is 0.441. The summed E-state index contributed by atoms with van der Waals surface area (Å²) in [6.45, 7) is 2.26. The van der Waals surface area contributed by atoms with Crippen LogP contribution in [0.2, 0.25) is 5.02 Å². The van der Waals surface area contributed by atoms with Crippen molar-refractivity contribution >= 4 is 17.3 Å². The second-order valence-corrected chi connectivity index (χ2v) is 5.54. The highest BCUT2D eigenvalue weighted by Crippen LogP contribution is 2.31. The van der Waals surface area contributed by atoms with Gasteiger partial charge in [-0.3, -0.25) is 4.90 Å². The van der Waals surface area contributed by atoms with Crippen LogP contribution in [0.3, 0.4) is 0 Å². The fourth-order valence-electron chi connectivity index (χ4n) is 2.65. The molecule has 0 aromatic heterocycles. The zero-order valence-electron chi connectivity index (χ0n) is 10.2. The van der Waals surface area contributed by atoms with Crippen LogP contribution < -0.4 is 5.32 Å². The first-order valence-corrected chi connectivity index (χ1v) is 6.85. The molecule has 2 aliphatic rings. The second-order valence-electron chi connectivity index (χ2n) is 5.13. The van der Waals surface area contributed by atoms with Crippen molar-refractivity contribution in [3.63, 3.8) is 0 Å². The Bertz CT molecular complexity index is 490. The summed E-state index contributed by atoms with van der Waals surface area (Å²) >= 11 is 6.03. The van der Waals surface area contributed by atoms with Crippen molar-refractivity contribution in [2.24, 2.45) is 0 Å². The van der Waals surface area contributed by atoms with Gasteiger partial charge in [-0.15, -0.1) is 0 Å². The highest BCUT2D eigenvalue weighted by atomic mass is 35.5. The van der Waals surface area contributed by atoms with Gasteiger partial charge >= 0.3 is 0 Å². The van der Waals surface area contributed by atoms with Gasteiger partial charge in [-0.25, -0.2) is 0 Å². The molecule has 0 amide bonds. The molecule has 4 heteroatoms. The summed E-state index contributed by atoms with van der Waals surface area (Å²) in [5.74, 6) is 0. The molecule has 0 bridgehead atoms. The van der Waals surface area contributed by atoms with Gasteiger partial charge in [0.25, 0.3) is 0 Å². The zero-order chi connectivity index (χ0) is 12.5. The Labute approximate surface area is 112 Å². The average molecular weight is 262 g/mol. The van der Waals surface area contributed by atoms with Crippen LogP contribution in [0.5, 0.6) is 0 Å². The summed E-state index contributed by atoms with van der Waals surface area (Å²) in [6.07, 6.45) is 3.86. The van der Waals surface area contributed by atoms with Gasteiger partial charge in [0.1, 0.15) is 6.07 Å². The van der Waals surface area contributed by atoms with Crippen LogP contribution in [0.4, 0.5) is 5.69 Å². The molecule has 18 heavy (non-hydrogen) atoms. The molecule has 0 spiro atoms. The standard InChI is InChI=1S/C14H16ClN3/c15-13-2-1-3-14(12(13)8-16)17-10-6-7-18(9-10)11-4-5-11/h1-3,10-11,17H,4-7,9H2. The molecule has 1 atom stereocenters. The van der Waals surface area contributed by atoms with Gasteiger partial charge in [0, 0.05) is 25.2 Å². The fraction of sp³-hybridized carbons (Fsp3) is 0.500. The minimum absolute atomic E-state index is 0.441. The summed E-state index contributed by atoms with van der Waals surface area (Å²) < 4.78 is 0. The van der Waals surface area contributed by atoms with E-state index in [2.05, 4.69) is 16.3 Å². The van der Waals surface area contributed by atoms with Crippen LogP contribution in [-0.2, 0) is 0 Å². The lowest BCUT2D eigenvalue weighted by molar-refractivity contribution is 0.326. The van der Waals surface area contributed by atoms with E-state index in [0.29, 0.717) is 16.6 Å². The van der Waals surface area contributed by atoms with Crippen LogP contribution in [0.25, 0.3) is 0 Å². The van der Waals surface area contributed by atoms with Crippen molar-refractivity contribution in [1.82, 2.24) is 4.90 Å². The van der Waals surface area contributed by atoms with E-state index < -0.39 is 0 Å². The summed E-state index contributed by atoms with van der Waals surface area (Å²) in [5, 5.41) is 13.1. The summed E-state index contributed by atoms with van der Waals surface area (Å²) in [4.78, 5) is 2.55. The van der Waals surface area contributed by atoms with Crippen molar-refractivity contribution < 1.29 is 0 Å². The van der Waals surface area contributed by atoms with E-state index in [4.69, 9.17) is 16.9 Å². The Morgan fingerprint density at radius 2 is 2.17 bits per heavy atom. The van der Waals surface area contributed by atoms with E-state index >= 15 is 0 Å². The fourth-order valence-corrected chi connectivity index (χ4v) is 2.87. The largest absolute Gasteiger partial charge is 0.380 e. The van der Waals surface area contributed by atoms with Gasteiger partial charge in [-0.1, -0.05) is 17.7 Å². The lowest BCUT2D eigenvalue weighted by Crippen LogP contribution is -2.27. The van der Waals surface area contributed by atoms with Gasteiger partial charge in [0.05, 0.1) is 16.3 Å².